The lowest BCUT2D eigenvalue weighted by Gasteiger charge is -2.21. The highest BCUT2D eigenvalue weighted by molar-refractivity contribution is 5.95. The van der Waals surface area contributed by atoms with Crippen LogP contribution in [0.1, 0.15) is 31.9 Å². The first-order chi connectivity index (χ1) is 11.0. The number of rotatable bonds is 2. The summed E-state index contributed by atoms with van der Waals surface area (Å²) in [6, 6.07) is 20.1. The summed E-state index contributed by atoms with van der Waals surface area (Å²) in [5, 5.41) is 12.8. The molecule has 0 atom stereocenters. The topological polar surface area (TPSA) is 32.6 Å². The number of hydrogen-bond donors (Lipinski definition) is 1. The van der Waals surface area contributed by atoms with E-state index in [1.807, 2.05) is 42.5 Å². The Morgan fingerprint density at radius 2 is 1.57 bits per heavy atom. The third kappa shape index (κ3) is 3.11. The molecule has 0 aromatic heterocycles. The fourth-order valence-corrected chi connectivity index (χ4v) is 2.73. The molecule has 23 heavy (non-hydrogen) atoms. The van der Waals surface area contributed by atoms with E-state index in [0.29, 0.717) is 5.75 Å². The van der Waals surface area contributed by atoms with Crippen LogP contribution in [-0.4, -0.2) is 11.3 Å². The number of aliphatic imine (C=N–C) groups is 1. The summed E-state index contributed by atoms with van der Waals surface area (Å²) in [6.45, 7) is 6.27. The molecule has 0 amide bonds. The van der Waals surface area contributed by atoms with Crippen LogP contribution >= 0.6 is 0 Å². The lowest BCUT2D eigenvalue weighted by atomic mass is 9.85. The molecule has 3 aromatic rings. The average Bonchev–Trinajstić information content (AvgIpc) is 2.53. The second-order valence-corrected chi connectivity index (χ2v) is 6.75. The minimum Gasteiger partial charge on any atom is -0.507 e. The highest BCUT2D eigenvalue weighted by Gasteiger charge is 2.19. The van der Waals surface area contributed by atoms with Crippen molar-refractivity contribution in [3.63, 3.8) is 0 Å². The van der Waals surface area contributed by atoms with E-state index in [1.54, 1.807) is 6.21 Å². The quantitative estimate of drug-likeness (QED) is 0.615. The van der Waals surface area contributed by atoms with Crippen LogP contribution in [0.25, 0.3) is 10.8 Å². The van der Waals surface area contributed by atoms with Crippen molar-refractivity contribution in [1.29, 1.82) is 0 Å². The minimum atomic E-state index is -0.104. The van der Waals surface area contributed by atoms with Crippen LogP contribution in [0.5, 0.6) is 5.75 Å². The molecule has 3 rings (SSSR count). The molecule has 0 bridgehead atoms. The van der Waals surface area contributed by atoms with E-state index < -0.39 is 0 Å². The molecular weight excluding hydrogens is 282 g/mol. The standard InChI is InChI=1S/C21H21NO/c1-21(2,3)18-12-6-10-16(20(18)23)14-22-19-13-7-9-15-8-4-5-11-17(15)19/h4-14,23H,1-3H3. The number of benzene rings is 3. The third-order valence-corrected chi connectivity index (χ3v) is 3.98. The molecular formula is C21H21NO. The minimum absolute atomic E-state index is 0.104. The number of phenols is 1. The molecule has 0 spiro atoms. The summed E-state index contributed by atoms with van der Waals surface area (Å²) >= 11 is 0. The maximum atomic E-state index is 10.5. The Bertz CT molecular complexity index is 867. The number of hydrogen-bond acceptors (Lipinski definition) is 2. The van der Waals surface area contributed by atoms with Crippen molar-refractivity contribution in [1.82, 2.24) is 0 Å². The van der Waals surface area contributed by atoms with Gasteiger partial charge in [-0.15, -0.1) is 0 Å². The van der Waals surface area contributed by atoms with E-state index in [1.165, 1.54) is 0 Å². The number of aromatic hydroxyl groups is 1. The van der Waals surface area contributed by atoms with Gasteiger partial charge < -0.3 is 5.11 Å². The van der Waals surface area contributed by atoms with Crippen LogP contribution < -0.4 is 0 Å². The summed E-state index contributed by atoms with van der Waals surface area (Å²) in [7, 11) is 0. The van der Waals surface area contributed by atoms with E-state index in [-0.39, 0.29) is 5.41 Å². The Morgan fingerprint density at radius 1 is 0.870 bits per heavy atom. The molecule has 0 aliphatic carbocycles. The number of fused-ring (bicyclic) bond motifs is 1. The molecule has 0 radical (unpaired) electrons. The maximum Gasteiger partial charge on any atom is 0.128 e. The van der Waals surface area contributed by atoms with Crippen molar-refractivity contribution in [2.75, 3.05) is 0 Å². The van der Waals surface area contributed by atoms with Crippen LogP contribution in [0.15, 0.2) is 65.7 Å². The van der Waals surface area contributed by atoms with E-state index in [4.69, 9.17) is 0 Å². The first kappa shape index (κ1) is 15.3. The van der Waals surface area contributed by atoms with Crippen molar-refractivity contribution < 1.29 is 5.11 Å². The number of phenolic OH excluding ortho intramolecular Hbond substituents is 1. The normalized spacial score (nSPS) is 12.1. The van der Waals surface area contributed by atoms with Gasteiger partial charge in [0.25, 0.3) is 0 Å². The third-order valence-electron chi connectivity index (χ3n) is 3.98. The van der Waals surface area contributed by atoms with E-state index in [0.717, 1.165) is 27.6 Å². The molecule has 0 unspecified atom stereocenters. The van der Waals surface area contributed by atoms with Crippen LogP contribution in [0.3, 0.4) is 0 Å². The van der Waals surface area contributed by atoms with Gasteiger partial charge in [0.05, 0.1) is 5.69 Å². The monoisotopic (exact) mass is 303 g/mol. The van der Waals surface area contributed by atoms with Crippen molar-refractivity contribution in [3.8, 4) is 5.75 Å². The average molecular weight is 303 g/mol. The largest absolute Gasteiger partial charge is 0.507 e. The molecule has 116 valence electrons. The summed E-state index contributed by atoms with van der Waals surface area (Å²) in [5.74, 6) is 0.309. The smallest absolute Gasteiger partial charge is 0.128 e. The van der Waals surface area contributed by atoms with Gasteiger partial charge in [-0.1, -0.05) is 69.3 Å². The predicted molar refractivity (Wildman–Crippen MR) is 98.0 cm³/mol. The van der Waals surface area contributed by atoms with Crippen LogP contribution in [-0.2, 0) is 5.41 Å². The Kier molecular flexibility index (Phi) is 3.91. The Hall–Kier alpha value is -2.61. The fourth-order valence-electron chi connectivity index (χ4n) is 2.73. The fraction of sp³-hybridized carbons (Fsp3) is 0.190. The molecule has 3 aromatic carbocycles. The summed E-state index contributed by atoms with van der Waals surface area (Å²) in [5.41, 5.74) is 2.47. The zero-order valence-corrected chi connectivity index (χ0v) is 13.7. The van der Waals surface area contributed by atoms with Gasteiger partial charge in [0.2, 0.25) is 0 Å². The van der Waals surface area contributed by atoms with Crippen molar-refractivity contribution in [3.05, 3.63) is 71.8 Å². The van der Waals surface area contributed by atoms with Gasteiger partial charge in [0.15, 0.2) is 0 Å². The molecule has 0 fully saturated rings. The highest BCUT2D eigenvalue weighted by atomic mass is 16.3. The highest BCUT2D eigenvalue weighted by Crippen LogP contribution is 2.33. The van der Waals surface area contributed by atoms with E-state index >= 15 is 0 Å². The summed E-state index contributed by atoms with van der Waals surface area (Å²) in [6.07, 6.45) is 1.74. The lowest BCUT2D eigenvalue weighted by Crippen LogP contribution is -2.11. The molecule has 0 heterocycles. The molecule has 0 aliphatic rings. The van der Waals surface area contributed by atoms with Gasteiger partial charge >= 0.3 is 0 Å². The second-order valence-electron chi connectivity index (χ2n) is 6.75. The molecule has 0 saturated heterocycles. The lowest BCUT2D eigenvalue weighted by molar-refractivity contribution is 0.446. The van der Waals surface area contributed by atoms with Crippen molar-refractivity contribution in [2.24, 2.45) is 4.99 Å². The summed E-state index contributed by atoms with van der Waals surface area (Å²) in [4.78, 5) is 4.60. The zero-order valence-electron chi connectivity index (χ0n) is 13.7. The first-order valence-corrected chi connectivity index (χ1v) is 7.81. The molecule has 0 saturated carbocycles. The van der Waals surface area contributed by atoms with Crippen LogP contribution in [0.2, 0.25) is 0 Å². The van der Waals surface area contributed by atoms with Gasteiger partial charge in [-0.2, -0.15) is 0 Å². The number of nitrogens with zero attached hydrogens (tertiary/aromatic N) is 1. The van der Waals surface area contributed by atoms with Crippen LogP contribution in [0, 0.1) is 0 Å². The molecule has 2 nitrogen and oxygen atoms in total. The van der Waals surface area contributed by atoms with Gasteiger partial charge in [-0.25, -0.2) is 0 Å². The molecule has 2 heteroatoms. The SMILES string of the molecule is CC(C)(C)c1cccc(C=Nc2cccc3ccccc23)c1O. The van der Waals surface area contributed by atoms with Gasteiger partial charge in [0, 0.05) is 17.2 Å². The van der Waals surface area contributed by atoms with E-state index in [9.17, 15) is 5.11 Å². The first-order valence-electron chi connectivity index (χ1n) is 7.81. The zero-order chi connectivity index (χ0) is 16.4. The Balaban J connectivity index is 2.03. The second kappa shape index (κ2) is 5.88. The Morgan fingerprint density at radius 3 is 2.35 bits per heavy atom. The van der Waals surface area contributed by atoms with Crippen molar-refractivity contribution >= 4 is 22.7 Å². The predicted octanol–water partition coefficient (Wildman–Crippen LogP) is 5.59. The summed E-state index contributed by atoms with van der Waals surface area (Å²) < 4.78 is 0. The van der Waals surface area contributed by atoms with Gasteiger partial charge in [-0.05, 0) is 28.5 Å². The molecule has 0 aliphatic heterocycles. The Labute approximate surface area is 137 Å². The number of para-hydroxylation sites is 1. The van der Waals surface area contributed by atoms with Gasteiger partial charge in [-0.3, -0.25) is 4.99 Å². The maximum absolute atomic E-state index is 10.5. The van der Waals surface area contributed by atoms with Crippen molar-refractivity contribution in [2.45, 2.75) is 26.2 Å². The van der Waals surface area contributed by atoms with Crippen LogP contribution in [0.4, 0.5) is 5.69 Å². The molecule has 1 N–H and O–H groups in total. The van der Waals surface area contributed by atoms with E-state index in [2.05, 4.69) is 44.0 Å². The van der Waals surface area contributed by atoms with Gasteiger partial charge in [0.1, 0.15) is 5.75 Å².